The van der Waals surface area contributed by atoms with E-state index >= 15 is 0 Å². The van der Waals surface area contributed by atoms with Gasteiger partial charge in [0.1, 0.15) is 6.04 Å². The normalized spacial score (nSPS) is 14.7. The van der Waals surface area contributed by atoms with Crippen molar-refractivity contribution in [2.45, 2.75) is 63.4 Å². The van der Waals surface area contributed by atoms with Crippen LogP contribution in [0.1, 0.15) is 50.2 Å². The lowest BCUT2D eigenvalue weighted by Gasteiger charge is -2.31. The summed E-state index contributed by atoms with van der Waals surface area (Å²) >= 11 is 26.0. The standard InChI is InChI=1S/C25H28Cl4N2O2S/c1-2-23(25(33)30-19-5-3-4-6-19)31(13-17-8-9-18(26)12-21(17)28)24(32)15-34-14-16-7-10-20(27)22(29)11-16/h7-12,19,23H,2-6,13-15H2,1H3,(H,30,33). The van der Waals surface area contributed by atoms with E-state index in [1.165, 1.54) is 11.8 Å². The Morgan fingerprint density at radius 1 is 1.03 bits per heavy atom. The Hall–Kier alpha value is -1.11. The van der Waals surface area contributed by atoms with Gasteiger partial charge in [0.25, 0.3) is 0 Å². The van der Waals surface area contributed by atoms with Crippen LogP contribution in [0.2, 0.25) is 20.1 Å². The largest absolute Gasteiger partial charge is 0.352 e. The molecule has 0 spiro atoms. The first-order valence-electron chi connectivity index (χ1n) is 11.3. The number of benzene rings is 2. The number of hydrogen-bond acceptors (Lipinski definition) is 3. The van der Waals surface area contributed by atoms with E-state index in [9.17, 15) is 9.59 Å². The average molecular weight is 562 g/mol. The first kappa shape index (κ1) is 27.5. The van der Waals surface area contributed by atoms with E-state index in [1.54, 1.807) is 35.2 Å². The SMILES string of the molecule is CCC(C(=O)NC1CCCC1)N(Cc1ccc(Cl)cc1Cl)C(=O)CSCc1ccc(Cl)c(Cl)c1. The molecule has 184 valence electrons. The van der Waals surface area contributed by atoms with Gasteiger partial charge in [-0.3, -0.25) is 9.59 Å². The van der Waals surface area contributed by atoms with Crippen LogP contribution in [0.4, 0.5) is 0 Å². The molecule has 0 saturated heterocycles. The Morgan fingerprint density at radius 3 is 2.41 bits per heavy atom. The maximum Gasteiger partial charge on any atom is 0.243 e. The molecule has 0 aromatic heterocycles. The molecule has 4 nitrogen and oxygen atoms in total. The second-order valence-corrected chi connectivity index (χ2v) is 11.1. The van der Waals surface area contributed by atoms with Crippen molar-refractivity contribution in [3.8, 4) is 0 Å². The summed E-state index contributed by atoms with van der Waals surface area (Å²) in [6, 6.07) is 10.2. The lowest BCUT2D eigenvalue weighted by atomic mass is 10.1. The number of nitrogens with zero attached hydrogens (tertiary/aromatic N) is 1. The number of hydrogen-bond donors (Lipinski definition) is 1. The molecule has 2 amide bonds. The zero-order chi connectivity index (χ0) is 24.7. The number of rotatable bonds is 10. The van der Waals surface area contributed by atoms with Crippen molar-refractivity contribution in [1.82, 2.24) is 10.2 Å². The molecule has 0 aliphatic heterocycles. The van der Waals surface area contributed by atoms with E-state index in [1.807, 2.05) is 13.0 Å². The van der Waals surface area contributed by atoms with Crippen LogP contribution in [0.3, 0.4) is 0 Å². The molecule has 1 saturated carbocycles. The minimum atomic E-state index is -0.578. The fourth-order valence-corrected chi connectivity index (χ4v) is 5.74. The van der Waals surface area contributed by atoms with Gasteiger partial charge in [-0.05, 0) is 54.7 Å². The molecule has 2 aromatic carbocycles. The van der Waals surface area contributed by atoms with Gasteiger partial charge in [0.05, 0.1) is 15.8 Å². The lowest BCUT2D eigenvalue weighted by molar-refractivity contribution is -0.139. The smallest absolute Gasteiger partial charge is 0.243 e. The van der Waals surface area contributed by atoms with Crippen LogP contribution in [-0.2, 0) is 21.9 Å². The second-order valence-electron chi connectivity index (χ2n) is 8.41. The summed E-state index contributed by atoms with van der Waals surface area (Å²) in [4.78, 5) is 28.2. The fourth-order valence-electron chi connectivity index (χ4n) is 4.09. The van der Waals surface area contributed by atoms with Gasteiger partial charge in [0, 0.05) is 28.4 Å². The van der Waals surface area contributed by atoms with E-state index in [4.69, 9.17) is 46.4 Å². The maximum atomic E-state index is 13.4. The van der Waals surface area contributed by atoms with Crippen molar-refractivity contribution in [2.24, 2.45) is 0 Å². The summed E-state index contributed by atoms with van der Waals surface area (Å²) in [7, 11) is 0. The van der Waals surface area contributed by atoms with Gasteiger partial charge < -0.3 is 10.2 Å². The van der Waals surface area contributed by atoms with Crippen LogP contribution in [0.25, 0.3) is 0 Å². The molecule has 0 heterocycles. The van der Waals surface area contributed by atoms with E-state index in [0.29, 0.717) is 32.3 Å². The zero-order valence-corrected chi connectivity index (χ0v) is 22.8. The number of amides is 2. The Kier molecular flexibility index (Phi) is 10.7. The van der Waals surface area contributed by atoms with Crippen LogP contribution >= 0.6 is 58.2 Å². The van der Waals surface area contributed by atoms with Gasteiger partial charge in [-0.25, -0.2) is 0 Å². The van der Waals surface area contributed by atoms with Gasteiger partial charge in [-0.2, -0.15) is 0 Å². The highest BCUT2D eigenvalue weighted by Gasteiger charge is 2.30. The molecule has 1 N–H and O–H groups in total. The molecule has 1 atom stereocenters. The van der Waals surface area contributed by atoms with E-state index in [2.05, 4.69) is 5.32 Å². The zero-order valence-electron chi connectivity index (χ0n) is 19.0. The number of halogens is 4. The first-order valence-corrected chi connectivity index (χ1v) is 14.0. The van der Waals surface area contributed by atoms with E-state index < -0.39 is 6.04 Å². The monoisotopic (exact) mass is 560 g/mol. The molecule has 34 heavy (non-hydrogen) atoms. The van der Waals surface area contributed by atoms with Crippen LogP contribution < -0.4 is 5.32 Å². The molecule has 1 unspecified atom stereocenters. The Morgan fingerprint density at radius 2 is 1.76 bits per heavy atom. The average Bonchev–Trinajstić information content (AvgIpc) is 3.30. The molecule has 3 rings (SSSR count). The maximum absolute atomic E-state index is 13.4. The van der Waals surface area contributed by atoms with Crippen LogP contribution in [0.15, 0.2) is 36.4 Å². The van der Waals surface area contributed by atoms with Gasteiger partial charge in [-0.1, -0.05) is 78.3 Å². The quantitative estimate of drug-likeness (QED) is 0.329. The van der Waals surface area contributed by atoms with E-state index in [-0.39, 0.29) is 30.2 Å². The topological polar surface area (TPSA) is 49.4 Å². The summed E-state index contributed by atoms with van der Waals surface area (Å²) in [5.41, 5.74) is 1.73. The Labute approximate surface area is 225 Å². The Balaban J connectivity index is 1.73. The molecule has 9 heteroatoms. The van der Waals surface area contributed by atoms with Crippen LogP contribution in [-0.4, -0.2) is 34.6 Å². The van der Waals surface area contributed by atoms with Crippen molar-refractivity contribution < 1.29 is 9.59 Å². The number of thioether (sulfide) groups is 1. The highest BCUT2D eigenvalue weighted by molar-refractivity contribution is 7.99. The van der Waals surface area contributed by atoms with Crippen molar-refractivity contribution in [3.63, 3.8) is 0 Å². The molecule has 1 fully saturated rings. The third-order valence-corrected chi connectivity index (χ3v) is 8.24. The van der Waals surface area contributed by atoms with Gasteiger partial charge in [-0.15, -0.1) is 11.8 Å². The van der Waals surface area contributed by atoms with Crippen LogP contribution in [0.5, 0.6) is 0 Å². The summed E-state index contributed by atoms with van der Waals surface area (Å²) in [6.45, 7) is 2.16. The van der Waals surface area contributed by atoms with Crippen LogP contribution in [0, 0.1) is 0 Å². The van der Waals surface area contributed by atoms with Crippen molar-refractivity contribution in [1.29, 1.82) is 0 Å². The third-order valence-electron chi connectivity index (χ3n) is 5.92. The molecule has 0 bridgehead atoms. The minimum Gasteiger partial charge on any atom is -0.352 e. The lowest BCUT2D eigenvalue weighted by Crippen LogP contribution is -2.51. The number of carbonyl (C=O) groups is 2. The molecule has 2 aromatic rings. The summed E-state index contributed by atoms with van der Waals surface area (Å²) in [5.74, 6) is 0.592. The summed E-state index contributed by atoms with van der Waals surface area (Å²) < 4.78 is 0. The molecule has 1 aliphatic carbocycles. The molecule has 0 radical (unpaired) electrons. The summed E-state index contributed by atoms with van der Waals surface area (Å²) in [6.07, 6.45) is 4.72. The van der Waals surface area contributed by atoms with E-state index in [0.717, 1.165) is 36.8 Å². The predicted octanol–water partition coefficient (Wildman–Crippen LogP) is 7.40. The first-order chi connectivity index (χ1) is 16.3. The second kappa shape index (κ2) is 13.3. The van der Waals surface area contributed by atoms with Crippen molar-refractivity contribution in [2.75, 3.05) is 5.75 Å². The molecular weight excluding hydrogens is 534 g/mol. The van der Waals surface area contributed by atoms with Gasteiger partial charge in [0.2, 0.25) is 11.8 Å². The highest BCUT2D eigenvalue weighted by atomic mass is 35.5. The van der Waals surface area contributed by atoms with Crippen molar-refractivity contribution in [3.05, 3.63) is 67.6 Å². The number of carbonyl (C=O) groups excluding carboxylic acids is 2. The molecular formula is C25H28Cl4N2O2S. The third kappa shape index (κ3) is 7.69. The summed E-state index contributed by atoms with van der Waals surface area (Å²) in [5, 5.41) is 5.13. The predicted molar refractivity (Wildman–Crippen MR) is 144 cm³/mol. The minimum absolute atomic E-state index is 0.109. The highest BCUT2D eigenvalue weighted by Crippen LogP contribution is 2.27. The fraction of sp³-hybridized carbons (Fsp3) is 0.440. The Bertz CT molecular complexity index is 1010. The van der Waals surface area contributed by atoms with Gasteiger partial charge >= 0.3 is 0 Å². The van der Waals surface area contributed by atoms with Gasteiger partial charge in [0.15, 0.2) is 0 Å². The number of nitrogens with one attached hydrogen (secondary N) is 1. The molecule has 1 aliphatic rings. The van der Waals surface area contributed by atoms with Crippen molar-refractivity contribution >= 4 is 70.0 Å².